The van der Waals surface area contributed by atoms with Crippen molar-refractivity contribution in [2.75, 3.05) is 0 Å². The molecule has 2 aromatic carbocycles. The van der Waals surface area contributed by atoms with Crippen LogP contribution in [0.15, 0.2) is 42.5 Å². The molecule has 0 aliphatic heterocycles. The smallest absolute Gasteiger partial charge is 0.166 e. The Morgan fingerprint density at radius 1 is 1.00 bits per heavy atom. The standard InChI is InChI=1S/C14H9F2NO2/c15-10-1-3-12(4-2-10)19-13-6-9(14(18)8-17)5-11(16)7-13/h1-7,14,18H. The molecule has 0 saturated carbocycles. The monoisotopic (exact) mass is 261 g/mol. The van der Waals surface area contributed by atoms with Crippen LogP contribution in [0, 0.1) is 23.0 Å². The van der Waals surface area contributed by atoms with Crippen molar-refractivity contribution < 1.29 is 18.6 Å². The van der Waals surface area contributed by atoms with Crippen LogP contribution >= 0.6 is 0 Å². The molecule has 0 aromatic heterocycles. The fourth-order valence-corrected chi connectivity index (χ4v) is 1.51. The molecule has 96 valence electrons. The molecule has 19 heavy (non-hydrogen) atoms. The van der Waals surface area contributed by atoms with E-state index in [0.717, 1.165) is 12.1 Å². The van der Waals surface area contributed by atoms with Crippen LogP contribution in [0.4, 0.5) is 8.78 Å². The summed E-state index contributed by atoms with van der Waals surface area (Å²) in [5.74, 6) is -0.601. The van der Waals surface area contributed by atoms with Crippen molar-refractivity contribution in [3.05, 3.63) is 59.7 Å². The highest BCUT2D eigenvalue weighted by atomic mass is 19.1. The second kappa shape index (κ2) is 5.46. The molecular weight excluding hydrogens is 252 g/mol. The fraction of sp³-hybridized carbons (Fsp3) is 0.0714. The lowest BCUT2D eigenvalue weighted by Gasteiger charge is -2.09. The molecule has 0 aliphatic carbocycles. The van der Waals surface area contributed by atoms with Gasteiger partial charge in [0.05, 0.1) is 6.07 Å². The lowest BCUT2D eigenvalue weighted by molar-refractivity contribution is 0.235. The lowest BCUT2D eigenvalue weighted by atomic mass is 10.1. The van der Waals surface area contributed by atoms with Crippen LogP contribution in [0.5, 0.6) is 11.5 Å². The van der Waals surface area contributed by atoms with Gasteiger partial charge in [-0.25, -0.2) is 8.78 Å². The third kappa shape index (κ3) is 3.27. The van der Waals surface area contributed by atoms with E-state index in [1.807, 2.05) is 0 Å². The van der Waals surface area contributed by atoms with E-state index in [0.29, 0.717) is 5.75 Å². The Balaban J connectivity index is 2.28. The Morgan fingerprint density at radius 2 is 1.68 bits per heavy atom. The van der Waals surface area contributed by atoms with Crippen LogP contribution in [-0.4, -0.2) is 5.11 Å². The summed E-state index contributed by atoms with van der Waals surface area (Å²) in [6.45, 7) is 0. The Bertz CT molecular complexity index is 620. The number of benzene rings is 2. The number of aliphatic hydroxyl groups is 1. The van der Waals surface area contributed by atoms with E-state index in [4.69, 9.17) is 10.00 Å². The maximum Gasteiger partial charge on any atom is 0.166 e. The molecule has 2 aromatic rings. The van der Waals surface area contributed by atoms with Crippen molar-refractivity contribution in [3.63, 3.8) is 0 Å². The Hall–Kier alpha value is -2.45. The van der Waals surface area contributed by atoms with Gasteiger partial charge in [0.25, 0.3) is 0 Å². The Kier molecular flexibility index (Phi) is 3.74. The second-order valence-corrected chi connectivity index (χ2v) is 3.81. The van der Waals surface area contributed by atoms with Gasteiger partial charge < -0.3 is 9.84 Å². The number of aliphatic hydroxyl groups excluding tert-OH is 1. The van der Waals surface area contributed by atoms with Gasteiger partial charge in [-0.05, 0) is 36.4 Å². The molecule has 0 saturated heterocycles. The van der Waals surface area contributed by atoms with Crippen molar-refractivity contribution in [1.82, 2.24) is 0 Å². The zero-order valence-electron chi connectivity index (χ0n) is 9.68. The molecule has 0 spiro atoms. The van der Waals surface area contributed by atoms with Crippen molar-refractivity contribution >= 4 is 0 Å². The molecular formula is C14H9F2NO2. The SMILES string of the molecule is N#CC(O)c1cc(F)cc(Oc2ccc(F)cc2)c1. The number of ether oxygens (including phenoxy) is 1. The first kappa shape index (κ1) is 13.0. The van der Waals surface area contributed by atoms with E-state index in [1.54, 1.807) is 6.07 Å². The molecule has 0 aliphatic rings. The molecule has 1 N–H and O–H groups in total. The van der Waals surface area contributed by atoms with E-state index < -0.39 is 17.7 Å². The first-order valence-electron chi connectivity index (χ1n) is 5.40. The van der Waals surface area contributed by atoms with Crippen molar-refractivity contribution in [3.8, 4) is 17.6 Å². The molecule has 5 heteroatoms. The maximum absolute atomic E-state index is 13.3. The zero-order valence-corrected chi connectivity index (χ0v) is 9.68. The number of hydrogen-bond acceptors (Lipinski definition) is 3. The summed E-state index contributed by atoms with van der Waals surface area (Å²) in [4.78, 5) is 0. The van der Waals surface area contributed by atoms with Gasteiger partial charge in [0, 0.05) is 11.6 Å². The van der Waals surface area contributed by atoms with Gasteiger partial charge >= 0.3 is 0 Å². The molecule has 0 amide bonds. The molecule has 3 nitrogen and oxygen atoms in total. The molecule has 0 fully saturated rings. The summed E-state index contributed by atoms with van der Waals surface area (Å²) < 4.78 is 31.4. The van der Waals surface area contributed by atoms with Gasteiger partial charge in [-0.3, -0.25) is 0 Å². The zero-order chi connectivity index (χ0) is 13.8. The van der Waals surface area contributed by atoms with Gasteiger partial charge in [-0.2, -0.15) is 5.26 Å². The summed E-state index contributed by atoms with van der Waals surface area (Å²) >= 11 is 0. The Morgan fingerprint density at radius 3 is 2.32 bits per heavy atom. The van der Waals surface area contributed by atoms with Crippen LogP contribution in [0.1, 0.15) is 11.7 Å². The van der Waals surface area contributed by atoms with Gasteiger partial charge in [-0.1, -0.05) is 0 Å². The minimum atomic E-state index is -1.42. The highest BCUT2D eigenvalue weighted by Gasteiger charge is 2.10. The number of hydrogen-bond donors (Lipinski definition) is 1. The predicted molar refractivity (Wildman–Crippen MR) is 63.4 cm³/mol. The largest absolute Gasteiger partial charge is 0.457 e. The third-order valence-corrected chi connectivity index (χ3v) is 2.38. The third-order valence-electron chi connectivity index (χ3n) is 2.38. The first-order chi connectivity index (χ1) is 9.08. The van der Waals surface area contributed by atoms with Crippen LogP contribution < -0.4 is 4.74 Å². The quantitative estimate of drug-likeness (QED) is 0.862. The summed E-state index contributed by atoms with van der Waals surface area (Å²) in [6, 6.07) is 10.3. The van der Waals surface area contributed by atoms with E-state index in [9.17, 15) is 13.9 Å². The topological polar surface area (TPSA) is 53.2 Å². The normalized spacial score (nSPS) is 11.7. The average Bonchev–Trinajstić information content (AvgIpc) is 2.40. The van der Waals surface area contributed by atoms with Crippen LogP contribution in [0.2, 0.25) is 0 Å². The number of nitriles is 1. The number of halogens is 2. The molecule has 0 heterocycles. The van der Waals surface area contributed by atoms with E-state index in [2.05, 4.69) is 0 Å². The van der Waals surface area contributed by atoms with Crippen molar-refractivity contribution in [2.45, 2.75) is 6.10 Å². The molecule has 0 bridgehead atoms. The minimum Gasteiger partial charge on any atom is -0.457 e. The number of nitrogens with zero attached hydrogens (tertiary/aromatic N) is 1. The molecule has 1 atom stereocenters. The summed E-state index contributed by atoms with van der Waals surface area (Å²) in [6.07, 6.45) is -1.42. The van der Waals surface area contributed by atoms with E-state index in [-0.39, 0.29) is 11.3 Å². The summed E-state index contributed by atoms with van der Waals surface area (Å²) in [5.41, 5.74) is 0.0969. The molecule has 1 unspecified atom stereocenters. The van der Waals surface area contributed by atoms with Gasteiger partial charge in [0.15, 0.2) is 6.10 Å². The predicted octanol–water partition coefficient (Wildman–Crippen LogP) is 3.31. The highest BCUT2D eigenvalue weighted by Crippen LogP contribution is 2.26. The first-order valence-corrected chi connectivity index (χ1v) is 5.40. The summed E-state index contributed by atoms with van der Waals surface area (Å²) in [7, 11) is 0. The van der Waals surface area contributed by atoms with Gasteiger partial charge in [0.2, 0.25) is 0 Å². The average molecular weight is 261 g/mol. The molecule has 2 rings (SSSR count). The summed E-state index contributed by atoms with van der Waals surface area (Å²) in [5, 5.41) is 17.9. The minimum absolute atomic E-state index is 0.0969. The van der Waals surface area contributed by atoms with Gasteiger partial charge in [0.1, 0.15) is 23.1 Å². The molecule has 0 radical (unpaired) electrons. The van der Waals surface area contributed by atoms with Crippen LogP contribution in [0.3, 0.4) is 0 Å². The van der Waals surface area contributed by atoms with Crippen molar-refractivity contribution in [2.24, 2.45) is 0 Å². The van der Waals surface area contributed by atoms with E-state index in [1.165, 1.54) is 30.3 Å². The lowest BCUT2D eigenvalue weighted by Crippen LogP contribution is -1.96. The maximum atomic E-state index is 13.3. The fourth-order valence-electron chi connectivity index (χ4n) is 1.51. The number of rotatable bonds is 3. The van der Waals surface area contributed by atoms with Crippen molar-refractivity contribution in [1.29, 1.82) is 5.26 Å². The highest BCUT2D eigenvalue weighted by molar-refractivity contribution is 5.36. The van der Waals surface area contributed by atoms with E-state index >= 15 is 0 Å². The van der Waals surface area contributed by atoms with Gasteiger partial charge in [-0.15, -0.1) is 0 Å². The van der Waals surface area contributed by atoms with Crippen LogP contribution in [-0.2, 0) is 0 Å². The second-order valence-electron chi connectivity index (χ2n) is 3.81. The Labute approximate surface area is 108 Å². The van der Waals surface area contributed by atoms with Crippen LogP contribution in [0.25, 0.3) is 0 Å².